The van der Waals surface area contributed by atoms with E-state index in [-0.39, 0.29) is 11.3 Å². The van der Waals surface area contributed by atoms with Crippen molar-refractivity contribution >= 4 is 44.2 Å². The van der Waals surface area contributed by atoms with E-state index in [0.29, 0.717) is 0 Å². The van der Waals surface area contributed by atoms with Gasteiger partial charge in [0.25, 0.3) is 0 Å². The van der Waals surface area contributed by atoms with Gasteiger partial charge in [-0.25, -0.2) is 22.8 Å². The molecule has 3 rings (SSSR count). The highest BCUT2D eigenvalue weighted by molar-refractivity contribution is 9.10. The molecule has 0 saturated carbocycles. The number of esters is 1. The number of aryl methyl sites for hydroxylation is 2. The number of halogens is 2. The smallest absolute Gasteiger partial charge is 0.420 e. The Morgan fingerprint density at radius 1 is 0.740 bits per heavy atom. The Morgan fingerprint density at radius 3 is 1.60 bits per heavy atom. The summed E-state index contributed by atoms with van der Waals surface area (Å²) in [5, 5.41) is 0. The van der Waals surface area contributed by atoms with Crippen LogP contribution in [0, 0.1) is 21.0 Å². The number of benzene rings is 3. The van der Waals surface area contributed by atoms with Gasteiger partial charge in [-0.1, -0.05) is 57.4 Å². The molecular formula is C37H47BrINO9S. The molecule has 0 N–H and O–H groups in total. The van der Waals surface area contributed by atoms with Crippen LogP contribution in [0.2, 0.25) is 0 Å². The van der Waals surface area contributed by atoms with Gasteiger partial charge in [-0.15, -0.1) is 0 Å². The van der Waals surface area contributed by atoms with Crippen molar-refractivity contribution in [2.75, 3.05) is 0 Å². The summed E-state index contributed by atoms with van der Waals surface area (Å²) in [4.78, 5) is 41.1. The Bertz CT molecular complexity index is 1710. The lowest BCUT2D eigenvalue weighted by molar-refractivity contribution is -0.598. The van der Waals surface area contributed by atoms with Crippen LogP contribution in [0.25, 0.3) is 0 Å². The molecule has 0 spiro atoms. The summed E-state index contributed by atoms with van der Waals surface area (Å²) < 4.78 is 51.2. The van der Waals surface area contributed by atoms with Crippen LogP contribution in [0.5, 0.6) is 0 Å². The first-order chi connectivity index (χ1) is 22.7. The van der Waals surface area contributed by atoms with Gasteiger partial charge in [0.15, 0.2) is 7.14 Å². The number of carbonyl (C=O) groups is 3. The molecule has 0 bridgehead atoms. The van der Waals surface area contributed by atoms with Gasteiger partial charge in [0, 0.05) is 22.5 Å². The minimum atomic E-state index is -4.27. The number of amides is 2. The normalized spacial score (nSPS) is 12.6. The number of nitrogens with zero attached hydrogens (tertiary/aromatic N) is 1. The van der Waals surface area contributed by atoms with Gasteiger partial charge in [-0.3, -0.25) is 0 Å². The molecule has 0 fully saturated rings. The number of carbonyl (C=O) groups excluding carboxylic acids is 3. The van der Waals surface area contributed by atoms with Gasteiger partial charge in [-0.05, 0) is 106 Å². The SMILES string of the molecule is Cc1ccc(S(=O)(=O)[O-])cc1.Cc1ccc([I+]c2cc(Br)ccc2CC(C(=O)OC(C)(C)C)N(C(=O)OC(C)(C)C)C(=O)OC(C)(C)C)cc1. The van der Waals surface area contributed by atoms with E-state index < -0.39 is 72.3 Å². The van der Waals surface area contributed by atoms with E-state index in [9.17, 15) is 27.4 Å². The summed E-state index contributed by atoms with van der Waals surface area (Å²) >= 11 is 2.93. The van der Waals surface area contributed by atoms with Crippen molar-refractivity contribution in [3.05, 3.63) is 95.0 Å². The third kappa shape index (κ3) is 15.5. The zero-order chi connectivity index (χ0) is 38.2. The molecule has 10 nitrogen and oxygen atoms in total. The van der Waals surface area contributed by atoms with E-state index in [1.807, 2.05) is 32.0 Å². The number of rotatable bonds is 7. The van der Waals surface area contributed by atoms with Gasteiger partial charge >= 0.3 is 39.4 Å². The second kappa shape index (κ2) is 17.5. The van der Waals surface area contributed by atoms with E-state index >= 15 is 0 Å². The van der Waals surface area contributed by atoms with Crippen molar-refractivity contribution < 1.29 is 62.8 Å². The molecule has 0 aromatic heterocycles. The number of hydrogen-bond donors (Lipinski definition) is 0. The highest BCUT2D eigenvalue weighted by atomic mass is 127. The van der Waals surface area contributed by atoms with E-state index in [1.54, 1.807) is 74.4 Å². The second-order valence-corrected chi connectivity index (χ2v) is 19.7. The van der Waals surface area contributed by atoms with Crippen molar-refractivity contribution in [2.45, 2.75) is 110 Å². The van der Waals surface area contributed by atoms with Gasteiger partial charge in [0.05, 0.1) is 4.90 Å². The lowest BCUT2D eigenvalue weighted by Crippen LogP contribution is -3.61. The first kappa shape index (κ1) is 43.2. The molecule has 1 unspecified atom stereocenters. The van der Waals surface area contributed by atoms with Crippen molar-refractivity contribution in [3.63, 3.8) is 0 Å². The Morgan fingerprint density at radius 2 is 1.18 bits per heavy atom. The summed E-state index contributed by atoms with van der Waals surface area (Å²) in [6.07, 6.45) is -1.90. The molecule has 50 heavy (non-hydrogen) atoms. The van der Waals surface area contributed by atoms with Crippen LogP contribution in [0.15, 0.2) is 76.1 Å². The predicted octanol–water partition coefficient (Wildman–Crippen LogP) is 5.21. The number of imide groups is 1. The third-order valence-electron chi connectivity index (χ3n) is 6.13. The van der Waals surface area contributed by atoms with Crippen molar-refractivity contribution in [2.24, 2.45) is 0 Å². The molecule has 0 aliphatic heterocycles. The highest BCUT2D eigenvalue weighted by Gasteiger charge is 2.43. The Hall–Kier alpha value is -3.01. The van der Waals surface area contributed by atoms with Gasteiger partial charge < -0.3 is 18.8 Å². The highest BCUT2D eigenvalue weighted by Crippen LogP contribution is 2.23. The molecule has 0 saturated heterocycles. The second-order valence-electron chi connectivity index (χ2n) is 14.5. The fourth-order valence-corrected chi connectivity index (χ4v) is 7.89. The van der Waals surface area contributed by atoms with Crippen LogP contribution in [-0.4, -0.2) is 58.9 Å². The van der Waals surface area contributed by atoms with E-state index in [4.69, 9.17) is 14.2 Å². The van der Waals surface area contributed by atoms with Gasteiger partial charge in [-0.2, -0.15) is 4.90 Å². The Kier molecular flexibility index (Phi) is 15.1. The number of ether oxygens (including phenoxy) is 3. The summed E-state index contributed by atoms with van der Waals surface area (Å²) in [5.74, 6) is -0.721. The standard InChI is InChI=1S/C30H40BrINO6.C7H8O3S/c1-19-11-15-22(16-12-19)32-23-18-21(31)14-13-20(23)17-24(25(34)37-28(2,3)4)33(26(35)38-29(5,6)7)27(36)39-30(8,9)10;1-6-2-4-7(5-3-6)11(8,9)10/h11-16,18,24H,17H2,1-10H3;2-5H,1H3,(H,8,9,10)/q+1;/p-1. The van der Waals surface area contributed by atoms with E-state index in [1.165, 1.54) is 21.3 Å². The summed E-state index contributed by atoms with van der Waals surface area (Å²) in [6, 6.07) is 18.6. The molecule has 0 aliphatic carbocycles. The molecule has 3 aromatic rings. The molecule has 274 valence electrons. The molecule has 2 amide bonds. The lowest BCUT2D eigenvalue weighted by Gasteiger charge is -2.33. The Balaban J connectivity index is 0.000000666. The van der Waals surface area contributed by atoms with Gasteiger partial charge in [0.1, 0.15) is 33.0 Å². The van der Waals surface area contributed by atoms with Crippen LogP contribution in [0.3, 0.4) is 0 Å². The predicted molar refractivity (Wildman–Crippen MR) is 190 cm³/mol. The molecule has 0 heterocycles. The summed E-state index contributed by atoms with van der Waals surface area (Å²) in [6.45, 7) is 19.2. The molecule has 13 heteroatoms. The van der Waals surface area contributed by atoms with Crippen molar-refractivity contribution in [3.8, 4) is 0 Å². The zero-order valence-corrected chi connectivity index (χ0v) is 35.0. The van der Waals surface area contributed by atoms with Crippen LogP contribution in [-0.2, 0) is 35.5 Å². The van der Waals surface area contributed by atoms with Crippen LogP contribution >= 0.6 is 15.9 Å². The first-order valence-electron chi connectivity index (χ1n) is 15.7. The third-order valence-corrected chi connectivity index (χ3v) is 10.4. The molecule has 0 radical (unpaired) electrons. The largest absolute Gasteiger partial charge is 0.744 e. The summed E-state index contributed by atoms with van der Waals surface area (Å²) in [7, 11) is -4.27. The average molecular weight is 889 g/mol. The fourth-order valence-electron chi connectivity index (χ4n) is 4.00. The Labute approximate surface area is 315 Å². The minimum Gasteiger partial charge on any atom is -0.744 e. The van der Waals surface area contributed by atoms with Crippen LogP contribution in [0.1, 0.15) is 79.0 Å². The maximum Gasteiger partial charge on any atom is 0.420 e. The molecular weight excluding hydrogens is 841 g/mol. The average Bonchev–Trinajstić information content (AvgIpc) is 2.92. The molecule has 0 aliphatic rings. The lowest BCUT2D eigenvalue weighted by atomic mass is 10.0. The zero-order valence-electron chi connectivity index (χ0n) is 30.4. The van der Waals surface area contributed by atoms with E-state index in [2.05, 4.69) is 40.2 Å². The maximum atomic E-state index is 13.6. The fraction of sp³-hybridized carbons (Fsp3) is 0.432. The molecule has 3 aromatic carbocycles. The summed E-state index contributed by atoms with van der Waals surface area (Å²) in [5.41, 5.74) is 0.273. The van der Waals surface area contributed by atoms with Crippen LogP contribution < -0.4 is 21.2 Å². The van der Waals surface area contributed by atoms with Crippen LogP contribution in [0.4, 0.5) is 9.59 Å². The minimum absolute atomic E-state index is 0.0432. The first-order valence-corrected chi connectivity index (χ1v) is 20.1. The topological polar surface area (TPSA) is 139 Å². The quantitative estimate of drug-likeness (QED) is 0.136. The van der Waals surface area contributed by atoms with Crippen molar-refractivity contribution in [1.29, 1.82) is 0 Å². The maximum absolute atomic E-state index is 13.6. The monoisotopic (exact) mass is 887 g/mol. The molecule has 1 atom stereocenters. The van der Waals surface area contributed by atoms with E-state index in [0.717, 1.165) is 24.1 Å². The van der Waals surface area contributed by atoms with Gasteiger partial charge in [0.2, 0.25) is 0 Å². The van der Waals surface area contributed by atoms with Crippen molar-refractivity contribution in [1.82, 2.24) is 4.90 Å². The number of hydrogen-bond acceptors (Lipinski definition) is 9.